The van der Waals surface area contributed by atoms with Crippen LogP contribution in [0.25, 0.3) is 0 Å². The highest BCUT2D eigenvalue weighted by atomic mass is 16.6. The number of ether oxygens (including phenoxy) is 2. The van der Waals surface area contributed by atoms with Gasteiger partial charge in [0.05, 0.1) is 23.7 Å². The standard InChI is InChI=1S/C17H26N2O4/c1-13-6-7-17(16(10-13)19(20)21)22-9-5-4-8-18-11-14(2)23-15(3)12-18/h6-7,10,14-15H,4-5,8-9,11-12H2,1-3H3/t14-,15-/m1/s1. The molecule has 0 radical (unpaired) electrons. The summed E-state index contributed by atoms with van der Waals surface area (Å²) in [7, 11) is 0. The fourth-order valence-corrected chi connectivity index (χ4v) is 2.98. The molecule has 1 fully saturated rings. The zero-order valence-corrected chi connectivity index (χ0v) is 14.2. The van der Waals surface area contributed by atoms with Crippen molar-refractivity contribution >= 4 is 5.69 Å². The van der Waals surface area contributed by atoms with Crippen molar-refractivity contribution in [1.29, 1.82) is 0 Å². The summed E-state index contributed by atoms with van der Waals surface area (Å²) in [5, 5.41) is 11.0. The molecule has 1 aromatic carbocycles. The van der Waals surface area contributed by atoms with Crippen molar-refractivity contribution in [3.63, 3.8) is 0 Å². The molecule has 0 amide bonds. The fourth-order valence-electron chi connectivity index (χ4n) is 2.98. The predicted octanol–water partition coefficient (Wildman–Crippen LogP) is 3.17. The van der Waals surface area contributed by atoms with Crippen molar-refractivity contribution in [2.45, 2.75) is 45.8 Å². The Morgan fingerprint density at radius 1 is 1.30 bits per heavy atom. The molecule has 1 aliphatic rings. The summed E-state index contributed by atoms with van der Waals surface area (Å²) in [4.78, 5) is 13.1. The Labute approximate surface area is 137 Å². The van der Waals surface area contributed by atoms with Crippen LogP contribution < -0.4 is 4.74 Å². The maximum Gasteiger partial charge on any atom is 0.311 e. The third kappa shape index (κ3) is 5.48. The van der Waals surface area contributed by atoms with E-state index in [1.54, 1.807) is 12.1 Å². The highest BCUT2D eigenvalue weighted by molar-refractivity contribution is 5.48. The van der Waals surface area contributed by atoms with E-state index in [1.807, 2.05) is 13.0 Å². The summed E-state index contributed by atoms with van der Waals surface area (Å²) < 4.78 is 11.3. The van der Waals surface area contributed by atoms with E-state index in [2.05, 4.69) is 18.7 Å². The van der Waals surface area contributed by atoms with Gasteiger partial charge in [-0.1, -0.05) is 6.07 Å². The first-order chi connectivity index (χ1) is 11.0. The van der Waals surface area contributed by atoms with Crippen LogP contribution in [0.5, 0.6) is 5.75 Å². The smallest absolute Gasteiger partial charge is 0.311 e. The minimum atomic E-state index is -0.390. The minimum absolute atomic E-state index is 0.0424. The lowest BCUT2D eigenvalue weighted by atomic mass is 10.2. The first-order valence-corrected chi connectivity index (χ1v) is 8.21. The monoisotopic (exact) mass is 322 g/mol. The number of hydrogen-bond donors (Lipinski definition) is 0. The Kier molecular flexibility index (Phi) is 6.36. The largest absolute Gasteiger partial charge is 0.487 e. The molecule has 0 N–H and O–H groups in total. The van der Waals surface area contributed by atoms with E-state index in [1.165, 1.54) is 0 Å². The number of benzene rings is 1. The van der Waals surface area contributed by atoms with E-state index in [0.717, 1.165) is 38.0 Å². The van der Waals surface area contributed by atoms with Gasteiger partial charge in [0.15, 0.2) is 5.75 Å². The summed E-state index contributed by atoms with van der Waals surface area (Å²) in [5.41, 5.74) is 0.903. The molecule has 0 aliphatic carbocycles. The Balaban J connectivity index is 1.73. The second-order valence-corrected chi connectivity index (χ2v) is 6.30. The lowest BCUT2D eigenvalue weighted by molar-refractivity contribution is -0.385. The van der Waals surface area contributed by atoms with Crippen LogP contribution in [0.15, 0.2) is 18.2 Å². The second-order valence-electron chi connectivity index (χ2n) is 6.30. The molecule has 128 valence electrons. The van der Waals surface area contributed by atoms with Crippen LogP contribution in [0.3, 0.4) is 0 Å². The summed E-state index contributed by atoms with van der Waals surface area (Å²) in [6.07, 6.45) is 2.46. The summed E-state index contributed by atoms with van der Waals surface area (Å²) in [5.74, 6) is 0.356. The van der Waals surface area contributed by atoms with Crippen LogP contribution in [0.1, 0.15) is 32.3 Å². The molecule has 0 unspecified atom stereocenters. The van der Waals surface area contributed by atoms with E-state index < -0.39 is 4.92 Å². The Morgan fingerprint density at radius 3 is 2.65 bits per heavy atom. The third-order valence-corrected chi connectivity index (χ3v) is 3.93. The van der Waals surface area contributed by atoms with Gasteiger partial charge in [0.25, 0.3) is 0 Å². The normalized spacial score (nSPS) is 22.0. The lowest BCUT2D eigenvalue weighted by Gasteiger charge is -2.35. The van der Waals surface area contributed by atoms with Crippen molar-refractivity contribution in [3.05, 3.63) is 33.9 Å². The van der Waals surface area contributed by atoms with Crippen molar-refractivity contribution in [1.82, 2.24) is 4.90 Å². The van der Waals surface area contributed by atoms with Crippen LogP contribution in [-0.2, 0) is 4.74 Å². The molecular formula is C17H26N2O4. The molecule has 1 aliphatic heterocycles. The average Bonchev–Trinajstić information content (AvgIpc) is 2.47. The van der Waals surface area contributed by atoms with Crippen LogP contribution >= 0.6 is 0 Å². The first-order valence-electron chi connectivity index (χ1n) is 8.21. The number of nitrogens with zero attached hydrogens (tertiary/aromatic N) is 2. The number of morpholine rings is 1. The SMILES string of the molecule is Cc1ccc(OCCCCN2C[C@@H](C)O[C@H](C)C2)c([N+](=O)[O-])c1. The van der Waals surface area contributed by atoms with Gasteiger partial charge >= 0.3 is 5.69 Å². The fraction of sp³-hybridized carbons (Fsp3) is 0.647. The van der Waals surface area contributed by atoms with Gasteiger partial charge in [-0.3, -0.25) is 15.0 Å². The summed E-state index contributed by atoms with van der Waals surface area (Å²) in [6.45, 7) is 9.48. The van der Waals surface area contributed by atoms with E-state index in [0.29, 0.717) is 12.4 Å². The molecule has 23 heavy (non-hydrogen) atoms. The van der Waals surface area contributed by atoms with E-state index >= 15 is 0 Å². The molecule has 6 heteroatoms. The molecule has 2 rings (SSSR count). The van der Waals surface area contributed by atoms with Gasteiger partial charge in [-0.2, -0.15) is 0 Å². The van der Waals surface area contributed by atoms with Crippen molar-refractivity contribution < 1.29 is 14.4 Å². The molecular weight excluding hydrogens is 296 g/mol. The molecule has 1 heterocycles. The second kappa shape index (κ2) is 8.26. The van der Waals surface area contributed by atoms with E-state index in [4.69, 9.17) is 9.47 Å². The zero-order chi connectivity index (χ0) is 16.8. The van der Waals surface area contributed by atoms with Crippen molar-refractivity contribution in [2.24, 2.45) is 0 Å². The van der Waals surface area contributed by atoms with Gasteiger partial charge in [0.2, 0.25) is 0 Å². The third-order valence-electron chi connectivity index (χ3n) is 3.93. The Hall–Kier alpha value is -1.66. The van der Waals surface area contributed by atoms with Crippen LogP contribution in [-0.4, -0.2) is 48.3 Å². The maximum absolute atomic E-state index is 11.0. The molecule has 0 bridgehead atoms. The number of nitro benzene ring substituents is 1. The Bertz CT molecular complexity index is 525. The molecule has 0 saturated carbocycles. The zero-order valence-electron chi connectivity index (χ0n) is 14.2. The molecule has 1 saturated heterocycles. The topological polar surface area (TPSA) is 64.8 Å². The number of hydrogen-bond acceptors (Lipinski definition) is 5. The van der Waals surface area contributed by atoms with Crippen molar-refractivity contribution in [2.75, 3.05) is 26.2 Å². The molecule has 2 atom stereocenters. The van der Waals surface area contributed by atoms with Crippen LogP contribution in [0, 0.1) is 17.0 Å². The van der Waals surface area contributed by atoms with Gasteiger partial charge in [-0.15, -0.1) is 0 Å². The van der Waals surface area contributed by atoms with Crippen LogP contribution in [0.4, 0.5) is 5.69 Å². The molecule has 1 aromatic rings. The van der Waals surface area contributed by atoms with Gasteiger partial charge in [-0.05, 0) is 51.8 Å². The average molecular weight is 322 g/mol. The highest BCUT2D eigenvalue weighted by Crippen LogP contribution is 2.27. The lowest BCUT2D eigenvalue weighted by Crippen LogP contribution is -2.45. The van der Waals surface area contributed by atoms with Gasteiger partial charge in [-0.25, -0.2) is 0 Å². The van der Waals surface area contributed by atoms with Gasteiger partial charge < -0.3 is 9.47 Å². The minimum Gasteiger partial charge on any atom is -0.487 e. The quantitative estimate of drug-likeness (QED) is 0.438. The summed E-state index contributed by atoms with van der Waals surface area (Å²) in [6, 6.07) is 5.06. The molecule has 0 aromatic heterocycles. The maximum atomic E-state index is 11.0. The van der Waals surface area contributed by atoms with E-state index in [-0.39, 0.29) is 17.9 Å². The molecule has 6 nitrogen and oxygen atoms in total. The number of aryl methyl sites for hydroxylation is 1. The van der Waals surface area contributed by atoms with E-state index in [9.17, 15) is 10.1 Å². The number of unbranched alkanes of at least 4 members (excludes halogenated alkanes) is 1. The number of rotatable bonds is 7. The summed E-state index contributed by atoms with van der Waals surface area (Å²) >= 11 is 0. The van der Waals surface area contributed by atoms with Crippen molar-refractivity contribution in [3.8, 4) is 5.75 Å². The van der Waals surface area contributed by atoms with Crippen LogP contribution in [0.2, 0.25) is 0 Å². The number of nitro groups is 1. The predicted molar refractivity (Wildman–Crippen MR) is 89.0 cm³/mol. The Morgan fingerprint density at radius 2 is 2.00 bits per heavy atom. The van der Waals surface area contributed by atoms with Gasteiger partial charge in [0, 0.05) is 19.2 Å². The highest BCUT2D eigenvalue weighted by Gasteiger charge is 2.21. The molecule has 0 spiro atoms. The first kappa shape index (κ1) is 17.7. The van der Waals surface area contributed by atoms with Gasteiger partial charge in [0.1, 0.15) is 0 Å².